The minimum Gasteiger partial charge on any atom is -0.394 e. The van der Waals surface area contributed by atoms with Gasteiger partial charge < -0.3 is 5.73 Å². The first-order valence-electron chi connectivity index (χ1n) is 9.39. The van der Waals surface area contributed by atoms with E-state index < -0.39 is 11.6 Å². The van der Waals surface area contributed by atoms with E-state index in [1.165, 1.54) is 76.3 Å². The van der Waals surface area contributed by atoms with Crippen LogP contribution < -0.4 is 5.73 Å². The van der Waals surface area contributed by atoms with Gasteiger partial charge in [-0.3, -0.25) is 0 Å². The van der Waals surface area contributed by atoms with E-state index in [4.69, 9.17) is 5.73 Å². The summed E-state index contributed by atoms with van der Waals surface area (Å²) in [4.78, 5) is 0. The third-order valence-corrected chi connectivity index (χ3v) is 6.06. The Hall–Kier alpha value is -1.12. The zero-order valence-corrected chi connectivity index (χ0v) is 14.0. The average Bonchev–Trinajstić information content (AvgIpc) is 2.59. The number of hydrogen-bond donors (Lipinski definition) is 1. The van der Waals surface area contributed by atoms with Crippen molar-refractivity contribution >= 4 is 5.69 Å². The maximum absolute atomic E-state index is 14.0. The summed E-state index contributed by atoms with van der Waals surface area (Å²) < 4.78 is 28.0. The Morgan fingerprint density at radius 2 is 1.39 bits per heavy atom. The van der Waals surface area contributed by atoms with Gasteiger partial charge in [-0.2, -0.15) is 0 Å². The van der Waals surface area contributed by atoms with Crippen molar-refractivity contribution in [2.75, 3.05) is 5.73 Å². The van der Waals surface area contributed by atoms with Crippen LogP contribution in [0.1, 0.15) is 82.1 Å². The van der Waals surface area contributed by atoms with E-state index >= 15 is 0 Å². The fraction of sp³-hybridized carbons (Fsp3) is 0.700. The van der Waals surface area contributed by atoms with Gasteiger partial charge >= 0.3 is 0 Å². The van der Waals surface area contributed by atoms with E-state index in [0.29, 0.717) is 11.8 Å². The number of anilines is 1. The molecule has 1 atom stereocenters. The normalized spacial score (nSPS) is 22.2. The van der Waals surface area contributed by atoms with Gasteiger partial charge in [-0.15, -0.1) is 0 Å². The number of hydrogen-bond acceptors (Lipinski definition) is 1. The first-order valence-corrected chi connectivity index (χ1v) is 9.39. The zero-order chi connectivity index (χ0) is 16.2. The molecule has 0 aromatic heterocycles. The molecule has 1 unspecified atom stereocenters. The molecule has 2 aliphatic rings. The van der Waals surface area contributed by atoms with Crippen molar-refractivity contribution in [3.8, 4) is 0 Å². The van der Waals surface area contributed by atoms with Crippen LogP contribution in [0.2, 0.25) is 0 Å². The van der Waals surface area contributed by atoms with E-state index in [1.54, 1.807) is 0 Å². The Balaban J connectivity index is 1.84. The molecule has 0 heterocycles. The lowest BCUT2D eigenvalue weighted by molar-refractivity contribution is 0.239. The van der Waals surface area contributed by atoms with Crippen molar-refractivity contribution in [3.05, 3.63) is 29.3 Å². The van der Waals surface area contributed by atoms with Gasteiger partial charge in [0.15, 0.2) is 0 Å². The van der Waals surface area contributed by atoms with Gasteiger partial charge in [-0.05, 0) is 54.7 Å². The average molecular weight is 321 g/mol. The third kappa shape index (κ3) is 4.05. The molecule has 1 nitrogen and oxygen atoms in total. The van der Waals surface area contributed by atoms with Crippen LogP contribution in [0, 0.1) is 23.5 Å². The second-order valence-electron chi connectivity index (χ2n) is 7.64. The van der Waals surface area contributed by atoms with E-state index in [-0.39, 0.29) is 5.69 Å². The second-order valence-corrected chi connectivity index (χ2v) is 7.64. The highest BCUT2D eigenvalue weighted by atomic mass is 19.1. The Bertz CT molecular complexity index is 493. The summed E-state index contributed by atoms with van der Waals surface area (Å²) in [6.45, 7) is 0. The summed E-state index contributed by atoms with van der Waals surface area (Å²) in [6.07, 6.45) is 13.8. The number of nitrogens with two attached hydrogens (primary N) is 1. The predicted octanol–water partition coefficient (Wildman–Crippen LogP) is 6.18. The molecular formula is C20H29F2N. The Labute approximate surface area is 138 Å². The zero-order valence-electron chi connectivity index (χ0n) is 14.0. The van der Waals surface area contributed by atoms with Crippen LogP contribution in [-0.2, 0) is 0 Å². The Morgan fingerprint density at radius 1 is 0.870 bits per heavy atom. The van der Waals surface area contributed by atoms with Gasteiger partial charge in [-0.1, -0.05) is 51.4 Å². The molecule has 0 amide bonds. The lowest BCUT2D eigenvalue weighted by Gasteiger charge is -2.34. The fourth-order valence-electron chi connectivity index (χ4n) is 4.74. The van der Waals surface area contributed by atoms with Gasteiger partial charge in [-0.25, -0.2) is 8.78 Å². The maximum atomic E-state index is 14.0. The second kappa shape index (κ2) is 7.63. The minimum absolute atomic E-state index is 0.294. The van der Waals surface area contributed by atoms with Crippen LogP contribution in [-0.4, -0.2) is 0 Å². The summed E-state index contributed by atoms with van der Waals surface area (Å²) in [5, 5.41) is 0. The van der Waals surface area contributed by atoms with Crippen molar-refractivity contribution in [3.63, 3.8) is 0 Å². The van der Waals surface area contributed by atoms with Crippen LogP contribution in [0.3, 0.4) is 0 Å². The topological polar surface area (TPSA) is 26.0 Å². The molecule has 3 rings (SSSR count). The predicted molar refractivity (Wildman–Crippen MR) is 91.3 cm³/mol. The number of benzene rings is 1. The molecule has 1 aromatic rings. The molecule has 3 heteroatoms. The molecule has 0 bridgehead atoms. The highest BCUT2D eigenvalue weighted by molar-refractivity contribution is 5.44. The molecule has 0 saturated heterocycles. The summed E-state index contributed by atoms with van der Waals surface area (Å²) in [5.74, 6) is 0.407. The standard InChI is InChI=1S/C20H29F2N/c21-18-12-16(13-19(22)20(18)23)17(15-9-5-2-6-10-15)11-14-7-3-1-4-8-14/h12-15,17H,1-11,23H2. The largest absolute Gasteiger partial charge is 0.394 e. The fourth-order valence-corrected chi connectivity index (χ4v) is 4.74. The molecule has 23 heavy (non-hydrogen) atoms. The van der Waals surface area contributed by atoms with Crippen LogP contribution >= 0.6 is 0 Å². The first kappa shape index (κ1) is 16.7. The third-order valence-electron chi connectivity index (χ3n) is 6.06. The first-order chi connectivity index (χ1) is 11.1. The molecule has 2 fully saturated rings. The van der Waals surface area contributed by atoms with E-state index in [1.807, 2.05) is 0 Å². The summed E-state index contributed by atoms with van der Waals surface area (Å²) >= 11 is 0. The smallest absolute Gasteiger partial charge is 0.149 e. The summed E-state index contributed by atoms with van der Waals surface area (Å²) in [7, 11) is 0. The molecule has 0 radical (unpaired) electrons. The van der Waals surface area contributed by atoms with Gasteiger partial charge in [0.25, 0.3) is 0 Å². The Morgan fingerprint density at radius 3 is 1.96 bits per heavy atom. The molecule has 2 saturated carbocycles. The number of nitrogen functional groups attached to an aromatic ring is 1. The number of rotatable bonds is 4. The monoisotopic (exact) mass is 321 g/mol. The molecule has 2 aliphatic carbocycles. The van der Waals surface area contributed by atoms with Crippen molar-refractivity contribution in [2.24, 2.45) is 11.8 Å². The van der Waals surface area contributed by atoms with Crippen molar-refractivity contribution < 1.29 is 8.78 Å². The SMILES string of the molecule is Nc1c(F)cc(C(CC2CCCCC2)C2CCCCC2)cc1F. The molecule has 2 N–H and O–H groups in total. The molecule has 0 spiro atoms. The van der Waals surface area contributed by atoms with Crippen molar-refractivity contribution in [1.82, 2.24) is 0 Å². The molecule has 128 valence electrons. The quantitative estimate of drug-likeness (QED) is 0.658. The lowest BCUT2D eigenvalue weighted by atomic mass is 9.71. The van der Waals surface area contributed by atoms with E-state index in [9.17, 15) is 8.78 Å². The van der Waals surface area contributed by atoms with Gasteiger partial charge in [0, 0.05) is 0 Å². The Kier molecular flexibility index (Phi) is 5.55. The minimum atomic E-state index is -0.593. The van der Waals surface area contributed by atoms with Gasteiger partial charge in [0.2, 0.25) is 0 Å². The summed E-state index contributed by atoms with van der Waals surface area (Å²) in [5.41, 5.74) is 5.96. The van der Waals surface area contributed by atoms with Crippen molar-refractivity contribution in [2.45, 2.75) is 76.5 Å². The highest BCUT2D eigenvalue weighted by Crippen LogP contribution is 2.43. The van der Waals surface area contributed by atoms with E-state index in [2.05, 4.69) is 0 Å². The molecular weight excluding hydrogens is 292 g/mol. The van der Waals surface area contributed by atoms with Gasteiger partial charge in [0.1, 0.15) is 17.3 Å². The highest BCUT2D eigenvalue weighted by Gasteiger charge is 2.29. The van der Waals surface area contributed by atoms with Crippen LogP contribution in [0.4, 0.5) is 14.5 Å². The molecule has 0 aliphatic heterocycles. The van der Waals surface area contributed by atoms with Crippen molar-refractivity contribution in [1.29, 1.82) is 0 Å². The summed E-state index contributed by atoms with van der Waals surface area (Å²) in [6, 6.07) is 3.00. The van der Waals surface area contributed by atoms with E-state index in [0.717, 1.165) is 17.9 Å². The molecule has 1 aromatic carbocycles. The van der Waals surface area contributed by atoms with Crippen LogP contribution in [0.25, 0.3) is 0 Å². The van der Waals surface area contributed by atoms with Gasteiger partial charge in [0.05, 0.1) is 0 Å². The lowest BCUT2D eigenvalue weighted by Crippen LogP contribution is -2.21. The van der Waals surface area contributed by atoms with Crippen LogP contribution in [0.15, 0.2) is 12.1 Å². The van der Waals surface area contributed by atoms with Crippen LogP contribution in [0.5, 0.6) is 0 Å². The number of halogens is 2. The maximum Gasteiger partial charge on any atom is 0.149 e.